The van der Waals surface area contributed by atoms with Gasteiger partial charge in [-0.05, 0) is 74.2 Å². The van der Waals surface area contributed by atoms with Crippen LogP contribution in [0.5, 0.6) is 0 Å². The van der Waals surface area contributed by atoms with Crippen LogP contribution in [-0.2, 0) is 9.98 Å². The van der Waals surface area contributed by atoms with Crippen LogP contribution < -0.4 is 15.9 Å². The fourth-order valence-electron chi connectivity index (χ4n) is 11.1. The van der Waals surface area contributed by atoms with E-state index >= 15 is 4.57 Å². The highest BCUT2D eigenvalue weighted by molar-refractivity contribution is 7.85. The minimum atomic E-state index is -3.20. The number of rotatable bonds is 11. The van der Waals surface area contributed by atoms with Gasteiger partial charge in [-0.1, -0.05) is 268 Å². The first-order valence-electron chi connectivity index (χ1n) is 25.1. The smallest absolute Gasteiger partial charge is 0.171 e. The van der Waals surface area contributed by atoms with Crippen LogP contribution in [0.25, 0.3) is 78.3 Å². The van der Waals surface area contributed by atoms with E-state index in [1.54, 1.807) is 0 Å². The van der Waals surface area contributed by atoms with E-state index in [0.717, 1.165) is 84.0 Å². The van der Waals surface area contributed by atoms with Crippen molar-refractivity contribution in [2.75, 3.05) is 0 Å². The number of aromatic nitrogens is 3. The van der Waals surface area contributed by atoms with Gasteiger partial charge in [-0.2, -0.15) is 0 Å². The molecule has 72 heavy (non-hydrogen) atoms. The van der Waals surface area contributed by atoms with Crippen LogP contribution >= 0.6 is 7.14 Å². The van der Waals surface area contributed by atoms with Gasteiger partial charge >= 0.3 is 0 Å². The van der Waals surface area contributed by atoms with Crippen molar-refractivity contribution in [3.63, 3.8) is 0 Å². The first kappa shape index (κ1) is 44.9. The molecule has 0 radical (unpaired) electrons. The van der Waals surface area contributed by atoms with Crippen LogP contribution in [0.3, 0.4) is 0 Å². The molecule has 4 nitrogen and oxygen atoms in total. The highest BCUT2D eigenvalue weighted by Crippen LogP contribution is 2.48. The minimum Gasteiger partial charge on any atom is -0.309 e. The van der Waals surface area contributed by atoms with Crippen LogP contribution in [0.2, 0.25) is 0 Å². The molecular formula is C67H52N3OP. The molecule has 1 aliphatic rings. The molecule has 1 aliphatic carbocycles. The molecule has 0 atom stereocenters. The van der Waals surface area contributed by atoms with Gasteiger partial charge in [-0.15, -0.1) is 0 Å². The Morgan fingerprint density at radius 1 is 0.306 bits per heavy atom. The summed E-state index contributed by atoms with van der Waals surface area (Å²) in [6, 6.07) is 88.8. The average molecular weight is 946 g/mol. The van der Waals surface area contributed by atoms with Gasteiger partial charge in [0.05, 0.1) is 0 Å². The van der Waals surface area contributed by atoms with E-state index in [1.807, 2.05) is 72.8 Å². The predicted molar refractivity (Wildman–Crippen MR) is 300 cm³/mol. The number of hydrogen-bond donors (Lipinski definition) is 0. The summed E-state index contributed by atoms with van der Waals surface area (Å²) in [5, 5.41) is 4.64. The van der Waals surface area contributed by atoms with Crippen molar-refractivity contribution >= 4 is 33.8 Å². The van der Waals surface area contributed by atoms with Gasteiger partial charge in [0.15, 0.2) is 24.6 Å². The fourth-order valence-corrected chi connectivity index (χ4v) is 13.9. The number of benzene rings is 10. The third-order valence-corrected chi connectivity index (χ3v) is 17.9. The van der Waals surface area contributed by atoms with Crippen LogP contribution in [0.15, 0.2) is 255 Å². The Hall–Kier alpha value is -8.30. The quantitative estimate of drug-likeness (QED) is 0.121. The number of hydrogen-bond acceptors (Lipinski definition) is 4. The van der Waals surface area contributed by atoms with Gasteiger partial charge in [0.25, 0.3) is 0 Å². The van der Waals surface area contributed by atoms with Crippen molar-refractivity contribution in [1.29, 1.82) is 0 Å². The molecule has 1 aromatic heterocycles. The molecule has 10 aromatic carbocycles. The zero-order valence-electron chi connectivity index (χ0n) is 40.0. The van der Waals surface area contributed by atoms with E-state index < -0.39 is 7.14 Å². The second-order valence-corrected chi connectivity index (χ2v) is 21.7. The first-order valence-corrected chi connectivity index (χ1v) is 26.8. The molecule has 0 N–H and O–H groups in total. The average Bonchev–Trinajstić information content (AvgIpc) is 3.48. The topological polar surface area (TPSA) is 55.7 Å². The summed E-state index contributed by atoms with van der Waals surface area (Å²) in [4.78, 5) is 15.6. The van der Waals surface area contributed by atoms with Crippen molar-refractivity contribution in [2.45, 2.75) is 37.5 Å². The second-order valence-electron chi connectivity index (χ2n) is 18.9. The SMILES string of the molecule is O=P(c1ccccc1)(c1ccccc1)c1ccc(-c2ccc(C3(c4ccc(-c5nc(-c6ccc(-c7ccccc7)cc6)nc(-c6ccccc6-c6ccccc6)n5)cc4)CCCCC3)cc2)c2ccccc12. The molecule has 5 heteroatoms. The lowest BCUT2D eigenvalue weighted by Crippen LogP contribution is -2.30. The molecule has 12 rings (SSSR count). The molecule has 1 fully saturated rings. The van der Waals surface area contributed by atoms with Gasteiger partial charge in [0.1, 0.15) is 0 Å². The van der Waals surface area contributed by atoms with E-state index in [-0.39, 0.29) is 5.41 Å². The van der Waals surface area contributed by atoms with E-state index in [0.29, 0.717) is 17.5 Å². The van der Waals surface area contributed by atoms with Crippen LogP contribution in [0, 0.1) is 0 Å². The maximum absolute atomic E-state index is 15.6. The molecular weight excluding hydrogens is 894 g/mol. The Labute approximate surface area is 422 Å². The molecule has 1 heterocycles. The van der Waals surface area contributed by atoms with Crippen molar-refractivity contribution in [2.24, 2.45) is 0 Å². The summed E-state index contributed by atoms with van der Waals surface area (Å²) < 4.78 is 15.6. The molecule has 1 saturated carbocycles. The molecule has 0 bridgehead atoms. The summed E-state index contributed by atoms with van der Waals surface area (Å²) in [7, 11) is -3.20. The monoisotopic (exact) mass is 945 g/mol. The van der Waals surface area contributed by atoms with Gasteiger partial charge in [-0.3, -0.25) is 0 Å². The Bertz CT molecular complexity index is 3660. The number of fused-ring (bicyclic) bond motifs is 1. The normalized spacial score (nSPS) is 13.4. The lowest BCUT2D eigenvalue weighted by Gasteiger charge is -2.39. The Balaban J connectivity index is 0.905. The van der Waals surface area contributed by atoms with Crippen molar-refractivity contribution in [3.05, 3.63) is 266 Å². The number of nitrogens with zero attached hydrogens (tertiary/aromatic N) is 3. The molecule has 0 aliphatic heterocycles. The van der Waals surface area contributed by atoms with Crippen molar-refractivity contribution in [1.82, 2.24) is 15.0 Å². The summed E-state index contributed by atoms with van der Waals surface area (Å²) >= 11 is 0. The van der Waals surface area contributed by atoms with Gasteiger partial charge in [0, 0.05) is 38.0 Å². The van der Waals surface area contributed by atoms with Crippen LogP contribution in [0.4, 0.5) is 0 Å². The highest BCUT2D eigenvalue weighted by Gasteiger charge is 2.36. The van der Waals surface area contributed by atoms with E-state index in [2.05, 4.69) is 182 Å². The first-order chi connectivity index (χ1) is 35.5. The lowest BCUT2D eigenvalue weighted by molar-refractivity contribution is 0.346. The lowest BCUT2D eigenvalue weighted by atomic mass is 9.65. The van der Waals surface area contributed by atoms with Crippen molar-refractivity contribution < 1.29 is 4.57 Å². The Morgan fingerprint density at radius 2 is 0.708 bits per heavy atom. The van der Waals surface area contributed by atoms with Gasteiger partial charge in [0.2, 0.25) is 0 Å². The fraction of sp³-hybridized carbons (Fsp3) is 0.0896. The maximum Gasteiger partial charge on any atom is 0.171 e. The third kappa shape index (κ3) is 8.38. The maximum atomic E-state index is 15.6. The zero-order valence-corrected chi connectivity index (χ0v) is 40.9. The predicted octanol–water partition coefficient (Wildman–Crippen LogP) is 15.9. The molecule has 0 amide bonds. The molecule has 346 valence electrons. The Morgan fingerprint density at radius 3 is 1.28 bits per heavy atom. The van der Waals surface area contributed by atoms with E-state index in [4.69, 9.17) is 15.0 Å². The zero-order chi connectivity index (χ0) is 48.3. The Kier molecular flexibility index (Phi) is 12.1. The third-order valence-electron chi connectivity index (χ3n) is 14.8. The molecule has 0 unspecified atom stereocenters. The van der Waals surface area contributed by atoms with Gasteiger partial charge in [-0.25, -0.2) is 15.0 Å². The standard InChI is InChI=1S/C67H52N3OP/c71-72(56-24-10-3-11-25-56,57-26-12-4-13-27-57)63-45-44-59(60-29-15-16-30-61(60)63)51-36-40-54(41-37-51)67(46-18-5-19-47-67)55-42-38-53(39-43-55)65-68-64(52-34-32-49(33-35-52)48-20-6-1-7-21-48)69-66(70-65)62-31-17-14-28-58(62)50-22-8-2-9-23-50/h1-4,6-17,20-45H,5,18-19,46-47H2. The summed E-state index contributed by atoms with van der Waals surface area (Å²) in [6.45, 7) is 0. The molecule has 0 spiro atoms. The largest absolute Gasteiger partial charge is 0.309 e. The summed E-state index contributed by atoms with van der Waals surface area (Å²) in [6.07, 6.45) is 5.73. The van der Waals surface area contributed by atoms with Gasteiger partial charge < -0.3 is 4.57 Å². The van der Waals surface area contributed by atoms with Crippen LogP contribution in [-0.4, -0.2) is 15.0 Å². The van der Waals surface area contributed by atoms with E-state index in [1.165, 1.54) is 36.0 Å². The van der Waals surface area contributed by atoms with E-state index in [9.17, 15) is 0 Å². The molecule has 0 saturated heterocycles. The van der Waals surface area contributed by atoms with Crippen LogP contribution in [0.1, 0.15) is 43.2 Å². The molecule has 11 aromatic rings. The summed E-state index contributed by atoms with van der Waals surface area (Å²) in [5.74, 6) is 1.91. The minimum absolute atomic E-state index is 0.135. The second kappa shape index (κ2) is 19.5. The van der Waals surface area contributed by atoms with Crippen molar-refractivity contribution in [3.8, 4) is 67.5 Å². The highest BCUT2D eigenvalue weighted by atomic mass is 31.2. The summed E-state index contributed by atoms with van der Waals surface area (Å²) in [5.41, 5.74) is 12.1.